The Hall–Kier alpha value is 2.13. The standard InChI is InChI=1S/Gd.2O.Zr/q;2*-2;+4. The van der Waals surface area contributed by atoms with Crippen LogP contribution in [-0.2, 0) is 37.2 Å². The van der Waals surface area contributed by atoms with E-state index in [4.69, 9.17) is 0 Å². The van der Waals surface area contributed by atoms with Crippen LogP contribution in [0.5, 0.6) is 0 Å². The summed E-state index contributed by atoms with van der Waals surface area (Å²) in [5.74, 6) is 0. The van der Waals surface area contributed by atoms with Gasteiger partial charge in [-0.15, -0.1) is 0 Å². The molecule has 0 aromatic carbocycles. The Morgan fingerprint density at radius 3 is 0.750 bits per heavy atom. The molecule has 0 radical (unpaired) electrons. The van der Waals surface area contributed by atoms with Gasteiger partial charge in [0.15, 0.2) is 0 Å². The molecule has 4 heavy (non-hydrogen) atoms. The van der Waals surface area contributed by atoms with Gasteiger partial charge in [-0.25, -0.2) is 0 Å². The van der Waals surface area contributed by atoms with E-state index >= 15 is 0 Å². The molecule has 0 amide bonds. The van der Waals surface area contributed by atoms with Crippen LogP contribution in [0.1, 0.15) is 0 Å². The minimum absolute atomic E-state index is 0. The van der Waals surface area contributed by atoms with Crippen LogP contribution in [0.25, 0.3) is 0 Å². The number of rotatable bonds is 0. The molecule has 0 rings (SSSR count). The Bertz CT molecular complexity index is 6.00. The van der Waals surface area contributed by atoms with Gasteiger partial charge in [-0.05, 0) is 0 Å². The summed E-state index contributed by atoms with van der Waals surface area (Å²) in [6.45, 7) is 0. The fraction of sp³-hybridized carbons (Fsp3) is 0. The Labute approximate surface area is 75.8 Å². The second-order valence-corrected chi connectivity index (χ2v) is 0. The molecule has 0 fully saturated rings. The molecule has 24 valence electrons. The van der Waals surface area contributed by atoms with E-state index in [-0.39, 0.29) is 77.1 Å². The maximum absolute atomic E-state index is 0. The van der Waals surface area contributed by atoms with E-state index in [0.29, 0.717) is 0 Å². The Kier molecular flexibility index (Phi) is 172. The molecule has 0 aromatic heterocycles. The first kappa shape index (κ1) is 35.6. The largest absolute Gasteiger partial charge is 4.00 e. The average Bonchev–Trinajstić information content (AvgIpc) is 0. The van der Waals surface area contributed by atoms with Crippen molar-refractivity contribution in [2.75, 3.05) is 0 Å². The predicted octanol–water partition coefficient (Wildman–Crippen LogP) is -0.240. The summed E-state index contributed by atoms with van der Waals surface area (Å²) in [5, 5.41) is 0. The van der Waals surface area contributed by atoms with Crippen molar-refractivity contribution in [3.8, 4) is 0 Å². The zero-order valence-corrected chi connectivity index (χ0v) is 6.40. The van der Waals surface area contributed by atoms with Gasteiger partial charge in [0.25, 0.3) is 0 Å². The normalized spacial score (nSPS) is 0. The van der Waals surface area contributed by atoms with Crippen molar-refractivity contribution >= 4 is 0 Å². The van der Waals surface area contributed by atoms with Gasteiger partial charge >= 0.3 is 26.2 Å². The predicted molar refractivity (Wildman–Crippen MR) is 1.37 cm³/mol. The average molecular weight is 280 g/mol. The van der Waals surface area contributed by atoms with Crippen molar-refractivity contribution in [3.05, 3.63) is 0 Å². The zero-order valence-electron chi connectivity index (χ0n) is 1.67. The molecule has 0 bridgehead atoms. The molecule has 0 aromatic rings. The van der Waals surface area contributed by atoms with Crippen LogP contribution in [0, 0.1) is 39.9 Å². The summed E-state index contributed by atoms with van der Waals surface area (Å²) in [6, 6.07) is 0. The van der Waals surface area contributed by atoms with Crippen LogP contribution in [0.15, 0.2) is 0 Å². The molecule has 0 saturated heterocycles. The van der Waals surface area contributed by atoms with E-state index < -0.39 is 0 Å². The van der Waals surface area contributed by atoms with Crippen LogP contribution in [-0.4, -0.2) is 0 Å². The zero-order chi connectivity index (χ0) is 0. The third-order valence-electron chi connectivity index (χ3n) is 0. The summed E-state index contributed by atoms with van der Waals surface area (Å²) < 4.78 is 0. The van der Waals surface area contributed by atoms with Crippen molar-refractivity contribution in [2.24, 2.45) is 0 Å². The molecule has 0 spiro atoms. The summed E-state index contributed by atoms with van der Waals surface area (Å²) >= 11 is 0. The maximum Gasteiger partial charge on any atom is 4.00 e. The molecule has 0 aliphatic carbocycles. The third kappa shape index (κ3) is 8.92. The van der Waals surface area contributed by atoms with E-state index in [9.17, 15) is 0 Å². The van der Waals surface area contributed by atoms with Crippen LogP contribution < -0.4 is 0 Å². The molecule has 0 saturated carbocycles. The molecule has 0 N–H and O–H groups in total. The van der Waals surface area contributed by atoms with Gasteiger partial charge in [-0.2, -0.15) is 0 Å². The van der Waals surface area contributed by atoms with Crippen LogP contribution in [0.3, 0.4) is 0 Å². The fourth-order valence-corrected chi connectivity index (χ4v) is 0. The minimum atomic E-state index is 0. The molecule has 0 heterocycles. The van der Waals surface area contributed by atoms with Crippen molar-refractivity contribution in [1.82, 2.24) is 0 Å². The van der Waals surface area contributed by atoms with Crippen LogP contribution in [0.4, 0.5) is 0 Å². The molecular weight excluding hydrogens is 280 g/mol. The first-order valence-corrected chi connectivity index (χ1v) is 0. The molecule has 0 aliphatic heterocycles. The number of hydrogen-bond donors (Lipinski definition) is 0. The van der Waals surface area contributed by atoms with Gasteiger partial charge in [0, 0.05) is 39.9 Å². The van der Waals surface area contributed by atoms with Gasteiger partial charge in [0.1, 0.15) is 0 Å². The molecule has 0 aliphatic rings. The molecule has 0 unspecified atom stereocenters. The topological polar surface area (TPSA) is 57.0 Å². The van der Waals surface area contributed by atoms with Crippen molar-refractivity contribution in [3.63, 3.8) is 0 Å². The first-order chi connectivity index (χ1) is 0. The van der Waals surface area contributed by atoms with E-state index in [0.717, 1.165) is 0 Å². The van der Waals surface area contributed by atoms with Gasteiger partial charge in [0.05, 0.1) is 0 Å². The Morgan fingerprint density at radius 2 is 0.750 bits per heavy atom. The fourth-order valence-electron chi connectivity index (χ4n) is 0. The summed E-state index contributed by atoms with van der Waals surface area (Å²) in [4.78, 5) is 0. The third-order valence-corrected chi connectivity index (χ3v) is 0. The van der Waals surface area contributed by atoms with E-state index in [2.05, 4.69) is 0 Å². The Balaban J connectivity index is 0. The van der Waals surface area contributed by atoms with Crippen molar-refractivity contribution in [1.29, 1.82) is 0 Å². The van der Waals surface area contributed by atoms with Crippen LogP contribution in [0.2, 0.25) is 0 Å². The second kappa shape index (κ2) is 19.3. The van der Waals surface area contributed by atoms with Crippen molar-refractivity contribution in [2.45, 2.75) is 0 Å². The quantitative estimate of drug-likeness (QED) is 0.588. The first-order valence-electron chi connectivity index (χ1n) is 0. The van der Waals surface area contributed by atoms with Crippen molar-refractivity contribution < 1.29 is 77.1 Å². The SMILES string of the molecule is [Gd].[O-2].[O-2].[Zr+4]. The van der Waals surface area contributed by atoms with E-state index in [1.54, 1.807) is 0 Å². The van der Waals surface area contributed by atoms with Gasteiger partial charge in [-0.1, -0.05) is 0 Å². The summed E-state index contributed by atoms with van der Waals surface area (Å²) in [6.07, 6.45) is 0. The van der Waals surface area contributed by atoms with Crippen LogP contribution >= 0.6 is 0 Å². The van der Waals surface area contributed by atoms with Gasteiger partial charge in [0.2, 0.25) is 0 Å². The molecule has 0 atom stereocenters. The summed E-state index contributed by atoms with van der Waals surface area (Å²) in [7, 11) is 0. The monoisotopic (exact) mass is 280 g/mol. The molecule has 4 heteroatoms. The Morgan fingerprint density at radius 1 is 0.750 bits per heavy atom. The van der Waals surface area contributed by atoms with E-state index in [1.807, 2.05) is 0 Å². The maximum atomic E-state index is 0. The smallest absolute Gasteiger partial charge is 2.00 e. The van der Waals surface area contributed by atoms with Gasteiger partial charge in [-0.3, -0.25) is 0 Å². The second-order valence-electron chi connectivity index (χ2n) is 0. The van der Waals surface area contributed by atoms with Gasteiger partial charge < -0.3 is 11.0 Å². The minimum Gasteiger partial charge on any atom is -2.00 e. The number of hydrogen-bond acceptors (Lipinski definition) is 0. The molecular formula is GdO2Zr. The summed E-state index contributed by atoms with van der Waals surface area (Å²) in [5.41, 5.74) is 0. The molecule has 2 nitrogen and oxygen atoms in total. The van der Waals surface area contributed by atoms with E-state index in [1.165, 1.54) is 0 Å².